The number of hydrogen-bond donors (Lipinski definition) is 0. The molecule has 0 fully saturated rings. The minimum absolute atomic E-state index is 0.0603. The fraction of sp³-hybridized carbons (Fsp3) is 0.333. The van der Waals surface area contributed by atoms with E-state index in [1.54, 1.807) is 30.3 Å². The van der Waals surface area contributed by atoms with Gasteiger partial charge in [0.1, 0.15) is 5.75 Å². The van der Waals surface area contributed by atoms with E-state index in [2.05, 4.69) is 0 Å². The first-order valence-corrected chi connectivity index (χ1v) is 7.33. The molecule has 0 aliphatic heterocycles. The van der Waals surface area contributed by atoms with Crippen molar-refractivity contribution in [2.45, 2.75) is 12.0 Å². The van der Waals surface area contributed by atoms with Gasteiger partial charge in [-0.25, -0.2) is 0 Å². The summed E-state index contributed by atoms with van der Waals surface area (Å²) in [6.07, 6.45) is -4.42. The van der Waals surface area contributed by atoms with Crippen molar-refractivity contribution in [3.63, 3.8) is 0 Å². The standard InChI is InChI=1S/C15H12BF3O.C3H9N/c1-20-11-8-6-10(7-9-11)14(16)12-4-2-3-5-13(12)15(17,18)19;1-4(2)3/h2-9,14H,1H3;1-3H3. The highest BCUT2D eigenvalue weighted by molar-refractivity contribution is 6.14. The Kier molecular flexibility index (Phi) is 7.35. The molecule has 1 unspecified atom stereocenters. The second kappa shape index (κ2) is 8.78. The molecule has 0 N–H and O–H groups in total. The molecular formula is C18H21BF3NO. The summed E-state index contributed by atoms with van der Waals surface area (Å²) in [7, 11) is 13.5. The molecule has 128 valence electrons. The second-order valence-corrected chi connectivity index (χ2v) is 5.68. The minimum Gasteiger partial charge on any atom is -0.497 e. The van der Waals surface area contributed by atoms with Crippen LogP contribution in [0.2, 0.25) is 0 Å². The van der Waals surface area contributed by atoms with Gasteiger partial charge in [-0.2, -0.15) is 13.2 Å². The van der Waals surface area contributed by atoms with Gasteiger partial charge in [-0.15, -0.1) is 0 Å². The Morgan fingerprint density at radius 2 is 1.46 bits per heavy atom. The van der Waals surface area contributed by atoms with E-state index in [4.69, 9.17) is 12.6 Å². The molecule has 0 heterocycles. The van der Waals surface area contributed by atoms with E-state index in [9.17, 15) is 13.2 Å². The summed E-state index contributed by atoms with van der Waals surface area (Å²) in [6.45, 7) is 0. The van der Waals surface area contributed by atoms with Gasteiger partial charge in [-0.1, -0.05) is 30.3 Å². The van der Waals surface area contributed by atoms with Crippen LogP contribution in [0.1, 0.15) is 22.5 Å². The molecule has 2 rings (SSSR count). The quantitative estimate of drug-likeness (QED) is 0.782. The van der Waals surface area contributed by atoms with Gasteiger partial charge < -0.3 is 9.64 Å². The van der Waals surface area contributed by atoms with Crippen molar-refractivity contribution in [2.24, 2.45) is 0 Å². The summed E-state index contributed by atoms with van der Waals surface area (Å²) in [5.41, 5.74) is -0.0454. The first-order chi connectivity index (χ1) is 11.2. The lowest BCUT2D eigenvalue weighted by molar-refractivity contribution is -0.138. The minimum atomic E-state index is -4.42. The smallest absolute Gasteiger partial charge is 0.416 e. The van der Waals surface area contributed by atoms with Gasteiger partial charge in [0.15, 0.2) is 0 Å². The van der Waals surface area contributed by atoms with Crippen LogP contribution in [0.4, 0.5) is 13.2 Å². The summed E-state index contributed by atoms with van der Waals surface area (Å²) in [6, 6.07) is 12.0. The van der Waals surface area contributed by atoms with Gasteiger partial charge in [0.25, 0.3) is 0 Å². The third kappa shape index (κ3) is 5.93. The van der Waals surface area contributed by atoms with Crippen molar-refractivity contribution < 1.29 is 17.9 Å². The molecular weight excluding hydrogens is 314 g/mol. The number of benzene rings is 2. The molecule has 0 bridgehead atoms. The van der Waals surface area contributed by atoms with Gasteiger partial charge in [0, 0.05) is 0 Å². The van der Waals surface area contributed by atoms with Crippen molar-refractivity contribution in [3.8, 4) is 5.75 Å². The van der Waals surface area contributed by atoms with Crippen LogP contribution >= 0.6 is 0 Å². The largest absolute Gasteiger partial charge is 0.497 e. The van der Waals surface area contributed by atoms with E-state index in [1.165, 1.54) is 19.2 Å². The molecule has 2 aromatic carbocycles. The fourth-order valence-electron chi connectivity index (χ4n) is 2.02. The zero-order valence-electron chi connectivity index (χ0n) is 14.3. The third-order valence-corrected chi connectivity index (χ3v) is 3.08. The van der Waals surface area contributed by atoms with Crippen LogP contribution in [0.15, 0.2) is 48.5 Å². The molecule has 6 heteroatoms. The van der Waals surface area contributed by atoms with Crippen molar-refractivity contribution >= 4 is 7.85 Å². The Morgan fingerprint density at radius 3 is 1.92 bits per heavy atom. The average molecular weight is 335 g/mol. The molecule has 0 amide bonds. The first-order valence-electron chi connectivity index (χ1n) is 7.33. The summed E-state index contributed by atoms with van der Waals surface area (Å²) in [5, 5.41) is 0. The highest BCUT2D eigenvalue weighted by Gasteiger charge is 2.34. The second-order valence-electron chi connectivity index (χ2n) is 5.68. The number of halogens is 3. The van der Waals surface area contributed by atoms with Gasteiger partial charge in [0.2, 0.25) is 0 Å². The first kappa shape index (κ1) is 20.1. The maximum absolute atomic E-state index is 13.0. The maximum Gasteiger partial charge on any atom is 0.416 e. The molecule has 0 spiro atoms. The molecule has 0 aliphatic carbocycles. The molecule has 2 radical (unpaired) electrons. The Morgan fingerprint density at radius 1 is 0.958 bits per heavy atom. The van der Waals surface area contributed by atoms with Crippen molar-refractivity contribution in [1.82, 2.24) is 4.90 Å². The Hall–Kier alpha value is -1.95. The van der Waals surface area contributed by atoms with Crippen molar-refractivity contribution in [1.29, 1.82) is 0 Å². The topological polar surface area (TPSA) is 12.5 Å². The maximum atomic E-state index is 13.0. The number of ether oxygens (including phenoxy) is 1. The Balaban J connectivity index is 0.000000648. The van der Waals surface area contributed by atoms with Crippen LogP contribution < -0.4 is 4.74 Å². The van der Waals surface area contributed by atoms with Crippen molar-refractivity contribution in [2.75, 3.05) is 28.3 Å². The highest BCUT2D eigenvalue weighted by Crippen LogP contribution is 2.36. The SMILES string of the molecule is CN(C)C.[B]C(c1ccc(OC)cc1)c1ccccc1C(F)(F)F. The molecule has 2 nitrogen and oxygen atoms in total. The van der Waals surface area contributed by atoms with E-state index >= 15 is 0 Å². The molecule has 0 saturated carbocycles. The number of nitrogens with zero attached hydrogens (tertiary/aromatic N) is 1. The highest BCUT2D eigenvalue weighted by atomic mass is 19.4. The van der Waals surface area contributed by atoms with Crippen LogP contribution in [0.25, 0.3) is 0 Å². The van der Waals surface area contributed by atoms with Crippen LogP contribution in [-0.4, -0.2) is 41.0 Å². The zero-order valence-corrected chi connectivity index (χ0v) is 14.3. The Bertz CT molecular complexity index is 624. The van der Waals surface area contributed by atoms with Gasteiger partial charge in [-0.3, -0.25) is 0 Å². The van der Waals surface area contributed by atoms with E-state index in [1.807, 2.05) is 26.0 Å². The molecule has 1 atom stereocenters. The predicted molar refractivity (Wildman–Crippen MR) is 91.6 cm³/mol. The lowest BCUT2D eigenvalue weighted by Crippen LogP contribution is -2.12. The van der Waals surface area contributed by atoms with E-state index in [-0.39, 0.29) is 5.56 Å². The van der Waals surface area contributed by atoms with Crippen LogP contribution in [0.5, 0.6) is 5.75 Å². The number of alkyl halides is 3. The van der Waals surface area contributed by atoms with Gasteiger partial charge >= 0.3 is 6.18 Å². The number of hydrogen-bond acceptors (Lipinski definition) is 2. The molecule has 24 heavy (non-hydrogen) atoms. The van der Waals surface area contributed by atoms with E-state index < -0.39 is 17.6 Å². The molecule has 2 aromatic rings. The normalized spacial score (nSPS) is 12.3. The van der Waals surface area contributed by atoms with Crippen LogP contribution in [0.3, 0.4) is 0 Å². The number of methoxy groups -OCH3 is 1. The lowest BCUT2D eigenvalue weighted by Gasteiger charge is -2.19. The van der Waals surface area contributed by atoms with Crippen molar-refractivity contribution in [3.05, 3.63) is 65.2 Å². The summed E-state index contributed by atoms with van der Waals surface area (Å²) >= 11 is 0. The zero-order chi connectivity index (χ0) is 18.3. The van der Waals surface area contributed by atoms with E-state index in [0.717, 1.165) is 6.07 Å². The summed E-state index contributed by atoms with van der Waals surface area (Å²) < 4.78 is 43.9. The molecule has 0 aliphatic rings. The average Bonchev–Trinajstić information content (AvgIpc) is 2.53. The summed E-state index contributed by atoms with van der Waals surface area (Å²) in [5.74, 6) is -0.205. The number of rotatable bonds is 3. The molecule has 0 aromatic heterocycles. The van der Waals surface area contributed by atoms with Gasteiger partial charge in [0.05, 0.1) is 20.5 Å². The monoisotopic (exact) mass is 335 g/mol. The van der Waals surface area contributed by atoms with Gasteiger partial charge in [-0.05, 0) is 56.3 Å². The Labute approximate surface area is 142 Å². The van der Waals surface area contributed by atoms with Crippen LogP contribution in [0, 0.1) is 0 Å². The summed E-state index contributed by atoms with van der Waals surface area (Å²) in [4.78, 5) is 2.00. The predicted octanol–water partition coefficient (Wildman–Crippen LogP) is 4.15. The molecule has 0 saturated heterocycles. The third-order valence-electron chi connectivity index (χ3n) is 3.08. The fourth-order valence-corrected chi connectivity index (χ4v) is 2.02. The van der Waals surface area contributed by atoms with Crippen LogP contribution in [-0.2, 0) is 6.18 Å². The van der Waals surface area contributed by atoms with E-state index in [0.29, 0.717) is 11.3 Å². The lowest BCUT2D eigenvalue weighted by atomic mass is 9.74.